The fourth-order valence-corrected chi connectivity index (χ4v) is 1.72. The molecule has 0 saturated carbocycles. The Kier molecular flexibility index (Phi) is 3.39. The summed E-state index contributed by atoms with van der Waals surface area (Å²) in [7, 11) is 0. The topological polar surface area (TPSA) is 100 Å². The van der Waals surface area contributed by atoms with Gasteiger partial charge in [-0.1, -0.05) is 6.92 Å². The molecule has 0 saturated heterocycles. The fraction of sp³-hybridized carbons (Fsp3) is 0.250. The van der Waals surface area contributed by atoms with E-state index >= 15 is 0 Å². The van der Waals surface area contributed by atoms with Gasteiger partial charge in [0.1, 0.15) is 18.5 Å². The van der Waals surface area contributed by atoms with Crippen molar-refractivity contribution in [3.8, 4) is 18.0 Å². The summed E-state index contributed by atoms with van der Waals surface area (Å²) in [5.74, 6) is 0.0708. The molecule has 2 aromatic heterocycles. The van der Waals surface area contributed by atoms with Gasteiger partial charge in [0.25, 0.3) is 5.56 Å². The minimum atomic E-state index is -0.317. The van der Waals surface area contributed by atoms with Crippen molar-refractivity contribution in [1.29, 1.82) is 10.5 Å². The molecule has 0 aliphatic heterocycles. The quantitative estimate of drug-likeness (QED) is 0.797. The lowest BCUT2D eigenvalue weighted by atomic mass is 10.3. The Morgan fingerprint density at radius 2 is 2.11 bits per heavy atom. The summed E-state index contributed by atoms with van der Waals surface area (Å²) in [4.78, 5) is 20.0. The van der Waals surface area contributed by atoms with Crippen LogP contribution in [0.1, 0.15) is 24.7 Å². The van der Waals surface area contributed by atoms with Gasteiger partial charge in [-0.2, -0.15) is 10.5 Å². The van der Waals surface area contributed by atoms with Crippen LogP contribution >= 0.6 is 0 Å². The molecule has 0 radical (unpaired) electrons. The lowest BCUT2D eigenvalue weighted by molar-refractivity contribution is 0.641. The Balaban J connectivity index is 2.65. The Bertz CT molecular complexity index is 743. The zero-order chi connectivity index (χ0) is 13.8. The molecule has 0 bridgehead atoms. The highest BCUT2D eigenvalue weighted by Gasteiger charge is 2.15. The standard InChI is InChI=1S/C12H10N6O/c1-2-4-17-5-3-15-11(12(17)19)18-8-16-9(6-13)10(18)7-14/h3,5,8H,2,4H2,1H3. The summed E-state index contributed by atoms with van der Waals surface area (Å²) in [5, 5.41) is 17.9. The Labute approximate surface area is 109 Å². The molecule has 0 unspecified atom stereocenters. The summed E-state index contributed by atoms with van der Waals surface area (Å²) in [6.07, 6.45) is 5.14. The minimum absolute atomic E-state index is 0.0151. The van der Waals surface area contributed by atoms with Gasteiger partial charge in [-0.3, -0.25) is 9.36 Å². The van der Waals surface area contributed by atoms with Crippen LogP contribution in [0.25, 0.3) is 5.82 Å². The number of aromatic nitrogens is 4. The van der Waals surface area contributed by atoms with E-state index in [-0.39, 0.29) is 22.8 Å². The zero-order valence-electron chi connectivity index (χ0n) is 10.2. The third-order valence-electron chi connectivity index (χ3n) is 2.57. The van der Waals surface area contributed by atoms with Crippen molar-refractivity contribution >= 4 is 0 Å². The van der Waals surface area contributed by atoms with Gasteiger partial charge in [0.2, 0.25) is 5.82 Å². The van der Waals surface area contributed by atoms with Crippen molar-refractivity contribution in [3.05, 3.63) is 40.5 Å². The third-order valence-corrected chi connectivity index (χ3v) is 2.57. The first-order valence-electron chi connectivity index (χ1n) is 5.66. The van der Waals surface area contributed by atoms with Crippen LogP contribution < -0.4 is 5.56 Å². The van der Waals surface area contributed by atoms with Gasteiger partial charge in [0.05, 0.1) is 0 Å². The van der Waals surface area contributed by atoms with Gasteiger partial charge >= 0.3 is 0 Å². The second-order valence-electron chi connectivity index (χ2n) is 3.78. The predicted molar refractivity (Wildman–Crippen MR) is 65.3 cm³/mol. The molecule has 2 heterocycles. The zero-order valence-corrected chi connectivity index (χ0v) is 10.2. The maximum atomic E-state index is 12.2. The van der Waals surface area contributed by atoms with Gasteiger partial charge in [-0.25, -0.2) is 9.97 Å². The first-order chi connectivity index (χ1) is 9.22. The van der Waals surface area contributed by atoms with Gasteiger partial charge in [0, 0.05) is 18.9 Å². The van der Waals surface area contributed by atoms with Gasteiger partial charge in [-0.15, -0.1) is 0 Å². The molecule has 0 aliphatic carbocycles. The minimum Gasteiger partial charge on any atom is -0.311 e. The Morgan fingerprint density at radius 1 is 1.32 bits per heavy atom. The monoisotopic (exact) mass is 254 g/mol. The second kappa shape index (κ2) is 5.15. The van der Waals surface area contributed by atoms with E-state index in [1.165, 1.54) is 21.7 Å². The molecule has 0 spiro atoms. The van der Waals surface area contributed by atoms with Crippen molar-refractivity contribution in [2.75, 3.05) is 0 Å². The number of nitrogens with zero attached hydrogens (tertiary/aromatic N) is 6. The highest BCUT2D eigenvalue weighted by Crippen LogP contribution is 2.08. The number of hydrogen-bond acceptors (Lipinski definition) is 5. The maximum Gasteiger partial charge on any atom is 0.294 e. The van der Waals surface area contributed by atoms with Gasteiger partial charge in [-0.05, 0) is 6.42 Å². The number of rotatable bonds is 3. The van der Waals surface area contributed by atoms with Crippen LogP contribution in [0.2, 0.25) is 0 Å². The van der Waals surface area contributed by atoms with E-state index in [2.05, 4.69) is 9.97 Å². The van der Waals surface area contributed by atoms with Crippen molar-refractivity contribution < 1.29 is 0 Å². The highest BCUT2D eigenvalue weighted by molar-refractivity contribution is 5.40. The molecule has 0 fully saturated rings. The summed E-state index contributed by atoms with van der Waals surface area (Å²) < 4.78 is 2.75. The van der Waals surface area contributed by atoms with E-state index in [9.17, 15) is 4.79 Å². The Hall–Kier alpha value is -2.93. The van der Waals surface area contributed by atoms with Gasteiger partial charge < -0.3 is 4.57 Å². The molecule has 94 valence electrons. The third kappa shape index (κ3) is 2.09. The van der Waals surface area contributed by atoms with Crippen molar-refractivity contribution in [3.63, 3.8) is 0 Å². The number of hydrogen-bond donors (Lipinski definition) is 0. The van der Waals surface area contributed by atoms with E-state index in [0.29, 0.717) is 6.54 Å². The molecule has 2 aromatic rings. The average molecular weight is 254 g/mol. The molecule has 0 aromatic carbocycles. The number of nitriles is 2. The van der Waals surface area contributed by atoms with E-state index in [0.717, 1.165) is 6.42 Å². The van der Waals surface area contributed by atoms with Crippen LogP contribution in [-0.4, -0.2) is 19.1 Å². The maximum absolute atomic E-state index is 12.2. The molecule has 7 heteroatoms. The largest absolute Gasteiger partial charge is 0.311 e. The molecule has 0 atom stereocenters. The van der Waals surface area contributed by atoms with E-state index in [1.54, 1.807) is 12.3 Å². The Morgan fingerprint density at radius 3 is 2.74 bits per heavy atom. The van der Waals surface area contributed by atoms with Crippen LogP contribution in [0.15, 0.2) is 23.5 Å². The smallest absolute Gasteiger partial charge is 0.294 e. The summed E-state index contributed by atoms with van der Waals surface area (Å²) in [6, 6.07) is 3.67. The summed E-state index contributed by atoms with van der Waals surface area (Å²) in [5.41, 5.74) is -0.321. The predicted octanol–water partition coefficient (Wildman–Crippen LogP) is 0.582. The molecule has 7 nitrogen and oxygen atoms in total. The first-order valence-corrected chi connectivity index (χ1v) is 5.66. The second-order valence-corrected chi connectivity index (χ2v) is 3.78. The molecule has 2 rings (SSSR count). The van der Waals surface area contributed by atoms with Crippen molar-refractivity contribution in [1.82, 2.24) is 19.1 Å². The van der Waals surface area contributed by atoms with Crippen LogP contribution in [0.4, 0.5) is 0 Å². The normalized spacial score (nSPS) is 9.84. The SMILES string of the molecule is CCCn1ccnc(-n2cnc(C#N)c2C#N)c1=O. The van der Waals surface area contributed by atoms with Crippen molar-refractivity contribution in [2.24, 2.45) is 0 Å². The molecule has 0 N–H and O–H groups in total. The first kappa shape index (κ1) is 12.5. The number of imidazole rings is 1. The number of aryl methyl sites for hydroxylation is 1. The summed E-state index contributed by atoms with van der Waals surface area (Å²) in [6.45, 7) is 2.52. The van der Waals surface area contributed by atoms with Crippen LogP contribution in [0.5, 0.6) is 0 Å². The van der Waals surface area contributed by atoms with Crippen LogP contribution in [0.3, 0.4) is 0 Å². The lowest BCUT2D eigenvalue weighted by Gasteiger charge is -2.06. The van der Waals surface area contributed by atoms with E-state index in [1.807, 2.05) is 13.0 Å². The highest BCUT2D eigenvalue weighted by atomic mass is 16.1. The van der Waals surface area contributed by atoms with Crippen LogP contribution in [0, 0.1) is 22.7 Å². The summed E-state index contributed by atoms with van der Waals surface area (Å²) >= 11 is 0. The van der Waals surface area contributed by atoms with Gasteiger partial charge in [0.15, 0.2) is 11.4 Å². The van der Waals surface area contributed by atoms with E-state index in [4.69, 9.17) is 10.5 Å². The molecule has 0 aliphatic rings. The molecule has 19 heavy (non-hydrogen) atoms. The molecular weight excluding hydrogens is 244 g/mol. The van der Waals surface area contributed by atoms with Crippen molar-refractivity contribution in [2.45, 2.75) is 19.9 Å². The fourth-order valence-electron chi connectivity index (χ4n) is 1.72. The van der Waals surface area contributed by atoms with Crippen LogP contribution in [-0.2, 0) is 6.54 Å². The van der Waals surface area contributed by atoms with E-state index < -0.39 is 0 Å². The molecule has 0 amide bonds. The average Bonchev–Trinajstić information content (AvgIpc) is 2.84. The lowest BCUT2D eigenvalue weighted by Crippen LogP contribution is -2.25. The molecular formula is C12H10N6O.